The molecule has 1 unspecified atom stereocenters. The van der Waals surface area contributed by atoms with E-state index in [0.717, 1.165) is 0 Å². The molecule has 2 nitrogen and oxygen atoms in total. The van der Waals surface area contributed by atoms with Crippen LogP contribution in [0.25, 0.3) is 0 Å². The predicted molar refractivity (Wildman–Crippen MR) is 47.3 cm³/mol. The van der Waals surface area contributed by atoms with Gasteiger partial charge in [0.25, 0.3) is 0 Å². The zero-order chi connectivity index (χ0) is 7.56. The van der Waals surface area contributed by atoms with Gasteiger partial charge >= 0.3 is 0 Å². The van der Waals surface area contributed by atoms with Gasteiger partial charge in [-0.2, -0.15) is 0 Å². The van der Waals surface area contributed by atoms with Crippen molar-refractivity contribution in [3.63, 3.8) is 0 Å². The highest BCUT2D eigenvalue weighted by atomic mass is 79.9. The van der Waals surface area contributed by atoms with Gasteiger partial charge in [-0.3, -0.25) is 4.99 Å². The van der Waals surface area contributed by atoms with E-state index in [-0.39, 0.29) is 5.08 Å². The lowest BCUT2D eigenvalue weighted by Gasteiger charge is -2.28. The van der Waals surface area contributed by atoms with Crippen LogP contribution in [0.5, 0.6) is 0 Å². The summed E-state index contributed by atoms with van der Waals surface area (Å²) in [6, 6.07) is 0.498. The molecule has 0 bridgehead atoms. The fourth-order valence-electron chi connectivity index (χ4n) is 0.825. The molecule has 0 aliphatic carbocycles. The van der Waals surface area contributed by atoms with Crippen LogP contribution >= 0.6 is 15.9 Å². The molecule has 0 aromatic carbocycles. The van der Waals surface area contributed by atoms with Crippen molar-refractivity contribution in [3.05, 3.63) is 12.3 Å². The van der Waals surface area contributed by atoms with E-state index < -0.39 is 0 Å². The molecule has 1 rings (SSSR count). The number of nitrogens with zero attached hydrogens (tertiary/aromatic N) is 2. The maximum atomic E-state index is 4.16. The Morgan fingerprint density at radius 3 is 2.70 bits per heavy atom. The van der Waals surface area contributed by atoms with E-state index in [1.165, 1.54) is 0 Å². The fourth-order valence-corrected chi connectivity index (χ4v) is 1.57. The molecule has 3 heteroatoms. The van der Waals surface area contributed by atoms with Crippen LogP contribution in [-0.4, -0.2) is 22.2 Å². The van der Waals surface area contributed by atoms with Crippen molar-refractivity contribution in [1.29, 1.82) is 0 Å². The first-order valence-electron chi connectivity index (χ1n) is 3.33. The topological polar surface area (TPSA) is 15.6 Å². The second-order valence-electron chi connectivity index (χ2n) is 2.49. The maximum absolute atomic E-state index is 4.16. The van der Waals surface area contributed by atoms with Crippen LogP contribution in [0.15, 0.2) is 17.3 Å². The Bertz CT molecular complexity index is 163. The summed E-state index contributed by atoms with van der Waals surface area (Å²) in [7, 11) is 0. The van der Waals surface area contributed by atoms with Crippen LogP contribution in [0.2, 0.25) is 0 Å². The lowest BCUT2D eigenvalue weighted by molar-refractivity contribution is 0.300. The zero-order valence-electron chi connectivity index (χ0n) is 6.16. The molecule has 0 aromatic heterocycles. The van der Waals surface area contributed by atoms with Gasteiger partial charge in [0.1, 0.15) is 0 Å². The summed E-state index contributed by atoms with van der Waals surface area (Å²) < 4.78 is 0. The van der Waals surface area contributed by atoms with E-state index in [1.807, 2.05) is 12.3 Å². The van der Waals surface area contributed by atoms with Crippen molar-refractivity contribution in [2.75, 3.05) is 0 Å². The normalized spacial score (nSPS) is 24.4. The van der Waals surface area contributed by atoms with Crippen molar-refractivity contribution in [2.45, 2.75) is 25.0 Å². The molecule has 0 radical (unpaired) electrons. The van der Waals surface area contributed by atoms with E-state index in [9.17, 15) is 0 Å². The minimum Gasteiger partial charge on any atom is -0.345 e. The van der Waals surface area contributed by atoms with Crippen molar-refractivity contribution in [1.82, 2.24) is 4.90 Å². The van der Waals surface area contributed by atoms with Gasteiger partial charge < -0.3 is 4.90 Å². The van der Waals surface area contributed by atoms with Gasteiger partial charge in [0.05, 0.1) is 0 Å². The Kier molecular flexibility index (Phi) is 2.49. The summed E-state index contributed by atoms with van der Waals surface area (Å²) in [5.74, 6) is 0. The summed E-state index contributed by atoms with van der Waals surface area (Å²) >= 11 is 3.43. The Hall–Kier alpha value is -0.310. The van der Waals surface area contributed by atoms with E-state index in [4.69, 9.17) is 0 Å². The van der Waals surface area contributed by atoms with E-state index >= 15 is 0 Å². The second kappa shape index (κ2) is 3.19. The van der Waals surface area contributed by atoms with Gasteiger partial charge in [0.2, 0.25) is 0 Å². The number of allylic oxidation sites excluding steroid dienone is 1. The van der Waals surface area contributed by atoms with Crippen molar-refractivity contribution < 1.29 is 0 Å². The number of halogens is 1. The molecule has 10 heavy (non-hydrogen) atoms. The first-order valence-corrected chi connectivity index (χ1v) is 4.25. The Balaban J connectivity index is 2.61. The highest BCUT2D eigenvalue weighted by Crippen LogP contribution is 2.15. The molecule has 0 aromatic rings. The van der Waals surface area contributed by atoms with E-state index in [1.54, 1.807) is 6.21 Å². The highest BCUT2D eigenvalue weighted by molar-refractivity contribution is 9.09. The van der Waals surface area contributed by atoms with Gasteiger partial charge in [0, 0.05) is 18.5 Å². The Labute approximate surface area is 69.8 Å². The molecule has 1 aliphatic rings. The molecule has 1 aliphatic heterocycles. The minimum absolute atomic E-state index is 0.123. The molecule has 0 saturated heterocycles. The summed E-state index contributed by atoms with van der Waals surface area (Å²) in [6.07, 6.45) is 5.78. The lowest BCUT2D eigenvalue weighted by atomic mass is 10.3. The monoisotopic (exact) mass is 202 g/mol. The zero-order valence-corrected chi connectivity index (χ0v) is 7.75. The average Bonchev–Trinajstić information content (AvgIpc) is 1.88. The molecule has 56 valence electrons. The molecule has 1 heterocycles. The van der Waals surface area contributed by atoms with Gasteiger partial charge in [-0.25, -0.2) is 0 Å². The number of hydrogen-bond donors (Lipinski definition) is 0. The molecule has 0 amide bonds. The van der Waals surface area contributed by atoms with Gasteiger partial charge in [-0.1, -0.05) is 0 Å². The first-order chi connectivity index (χ1) is 4.72. The lowest BCUT2D eigenvalue weighted by Crippen LogP contribution is -2.32. The maximum Gasteiger partial charge on any atom is 0.177 e. The summed E-state index contributed by atoms with van der Waals surface area (Å²) in [4.78, 5) is 6.30. The Morgan fingerprint density at radius 2 is 2.30 bits per heavy atom. The molecule has 0 fully saturated rings. The summed E-state index contributed by atoms with van der Waals surface area (Å²) in [6.45, 7) is 4.28. The quantitative estimate of drug-likeness (QED) is 0.470. The van der Waals surface area contributed by atoms with Crippen LogP contribution in [0.3, 0.4) is 0 Å². The molecule has 0 N–H and O–H groups in total. The number of rotatable bonds is 1. The minimum atomic E-state index is 0.123. The molecule has 1 atom stereocenters. The smallest absolute Gasteiger partial charge is 0.177 e. The van der Waals surface area contributed by atoms with Crippen LogP contribution in [0, 0.1) is 0 Å². The van der Waals surface area contributed by atoms with Crippen LogP contribution in [-0.2, 0) is 0 Å². The third-order valence-corrected chi connectivity index (χ3v) is 2.10. The van der Waals surface area contributed by atoms with Gasteiger partial charge in [-0.05, 0) is 35.9 Å². The summed E-state index contributed by atoms with van der Waals surface area (Å²) in [5, 5.41) is 0.123. The highest BCUT2D eigenvalue weighted by Gasteiger charge is 2.13. The standard InChI is InChI=1S/C7H11BrN2/c1-6(2)10-5-3-4-9-7(10)8/h3-7H,1-2H3. The second-order valence-corrected chi connectivity index (χ2v) is 3.31. The van der Waals surface area contributed by atoms with Crippen molar-refractivity contribution in [2.24, 2.45) is 4.99 Å². The fraction of sp³-hybridized carbons (Fsp3) is 0.571. The number of aliphatic imine (C=N–C) groups is 1. The SMILES string of the molecule is CC(C)N1C=CC=NC1Br. The number of hydrogen-bond acceptors (Lipinski definition) is 2. The number of alkyl halides is 1. The average molecular weight is 203 g/mol. The largest absolute Gasteiger partial charge is 0.345 e. The molecule has 0 saturated carbocycles. The first kappa shape index (κ1) is 7.79. The summed E-state index contributed by atoms with van der Waals surface area (Å²) in [5.41, 5.74) is 0. The van der Waals surface area contributed by atoms with Crippen molar-refractivity contribution in [3.8, 4) is 0 Å². The molecular formula is C7H11BrN2. The third kappa shape index (κ3) is 1.59. The van der Waals surface area contributed by atoms with Gasteiger partial charge in [0.15, 0.2) is 5.08 Å². The third-order valence-electron chi connectivity index (χ3n) is 1.40. The van der Waals surface area contributed by atoms with Crippen molar-refractivity contribution >= 4 is 22.1 Å². The van der Waals surface area contributed by atoms with Crippen LogP contribution in [0.4, 0.5) is 0 Å². The van der Waals surface area contributed by atoms with E-state index in [0.29, 0.717) is 6.04 Å². The van der Waals surface area contributed by atoms with Crippen LogP contribution in [0.1, 0.15) is 13.8 Å². The molecule has 0 spiro atoms. The van der Waals surface area contributed by atoms with Gasteiger partial charge in [-0.15, -0.1) is 0 Å². The van der Waals surface area contributed by atoms with E-state index in [2.05, 4.69) is 39.7 Å². The Morgan fingerprint density at radius 1 is 1.60 bits per heavy atom. The predicted octanol–water partition coefficient (Wildman–Crippen LogP) is 1.97. The molecular weight excluding hydrogens is 192 g/mol. The van der Waals surface area contributed by atoms with Crippen LogP contribution < -0.4 is 0 Å².